The highest BCUT2D eigenvalue weighted by Gasteiger charge is 2.11. The van der Waals surface area contributed by atoms with Gasteiger partial charge >= 0.3 is 5.97 Å². The summed E-state index contributed by atoms with van der Waals surface area (Å²) in [7, 11) is 0. The smallest absolute Gasteiger partial charge is 0.342 e. The van der Waals surface area contributed by atoms with Gasteiger partial charge in [0.15, 0.2) is 0 Å². The van der Waals surface area contributed by atoms with Crippen LogP contribution in [-0.4, -0.2) is 11.1 Å². The first kappa shape index (κ1) is 15.6. The minimum atomic E-state index is -0.567. The van der Waals surface area contributed by atoms with Crippen molar-refractivity contribution in [1.82, 2.24) is 0 Å². The molecule has 0 heterocycles. The van der Waals surface area contributed by atoms with Crippen molar-refractivity contribution in [3.8, 4) is 17.2 Å². The largest absolute Gasteiger partial charge is 0.507 e. The third-order valence-electron chi connectivity index (χ3n) is 3.37. The minimum Gasteiger partial charge on any atom is -0.507 e. The molecule has 0 aliphatic heterocycles. The van der Waals surface area contributed by atoms with Crippen LogP contribution in [0.4, 0.5) is 0 Å². The highest BCUT2D eigenvalue weighted by Crippen LogP contribution is 2.23. The van der Waals surface area contributed by atoms with Crippen molar-refractivity contribution in [1.29, 1.82) is 0 Å². The third kappa shape index (κ3) is 3.93. The summed E-state index contributed by atoms with van der Waals surface area (Å²) in [4.78, 5) is 12.0. The second kappa shape index (κ2) is 7.33. The van der Waals surface area contributed by atoms with Gasteiger partial charge in [0.25, 0.3) is 0 Å². The molecule has 0 saturated heterocycles. The maximum atomic E-state index is 12.0. The summed E-state index contributed by atoms with van der Waals surface area (Å²) in [6.45, 7) is 0.0964. The molecule has 4 heteroatoms. The molecule has 0 atom stereocenters. The average Bonchev–Trinajstić information content (AvgIpc) is 2.61. The summed E-state index contributed by atoms with van der Waals surface area (Å²) in [5.41, 5.74) is 0.946. The Labute approximate surface area is 139 Å². The molecule has 3 aromatic carbocycles. The monoisotopic (exact) mass is 320 g/mol. The third-order valence-corrected chi connectivity index (χ3v) is 3.37. The zero-order chi connectivity index (χ0) is 16.8. The van der Waals surface area contributed by atoms with Crippen LogP contribution in [0.1, 0.15) is 15.9 Å². The van der Waals surface area contributed by atoms with Crippen molar-refractivity contribution in [3.63, 3.8) is 0 Å². The molecule has 3 aromatic rings. The van der Waals surface area contributed by atoms with E-state index >= 15 is 0 Å². The highest BCUT2D eigenvalue weighted by molar-refractivity contribution is 5.92. The molecule has 0 fully saturated rings. The molecule has 0 aliphatic rings. The number of hydrogen-bond donors (Lipinski definition) is 1. The SMILES string of the molecule is O=C(OCc1cccc(Oc2ccccc2)c1)c1ccccc1O. The van der Waals surface area contributed by atoms with Gasteiger partial charge < -0.3 is 14.6 Å². The fourth-order valence-corrected chi connectivity index (χ4v) is 2.20. The maximum Gasteiger partial charge on any atom is 0.342 e. The van der Waals surface area contributed by atoms with Crippen molar-refractivity contribution in [2.24, 2.45) is 0 Å². The van der Waals surface area contributed by atoms with E-state index in [-0.39, 0.29) is 17.9 Å². The number of carbonyl (C=O) groups excluding carboxylic acids is 1. The summed E-state index contributed by atoms with van der Waals surface area (Å²) >= 11 is 0. The van der Waals surface area contributed by atoms with Crippen LogP contribution in [0.15, 0.2) is 78.9 Å². The molecule has 0 aromatic heterocycles. The molecule has 0 radical (unpaired) electrons. The summed E-state index contributed by atoms with van der Waals surface area (Å²) in [5, 5.41) is 9.67. The van der Waals surface area contributed by atoms with Gasteiger partial charge in [0, 0.05) is 0 Å². The van der Waals surface area contributed by atoms with Crippen molar-refractivity contribution in [2.75, 3.05) is 0 Å². The molecule has 1 N–H and O–H groups in total. The molecule has 0 unspecified atom stereocenters. The van der Waals surface area contributed by atoms with Crippen molar-refractivity contribution >= 4 is 5.97 Å². The molecule has 0 aliphatic carbocycles. The molecule has 0 spiro atoms. The summed E-state index contributed by atoms with van der Waals surface area (Å²) in [5.74, 6) is 0.740. The van der Waals surface area contributed by atoms with E-state index in [2.05, 4.69) is 0 Å². The van der Waals surface area contributed by atoms with Crippen LogP contribution >= 0.6 is 0 Å². The lowest BCUT2D eigenvalue weighted by atomic mass is 10.2. The van der Waals surface area contributed by atoms with Gasteiger partial charge in [0.1, 0.15) is 29.4 Å². The van der Waals surface area contributed by atoms with E-state index in [4.69, 9.17) is 9.47 Å². The Morgan fingerprint density at radius 1 is 0.833 bits per heavy atom. The fraction of sp³-hybridized carbons (Fsp3) is 0.0500. The van der Waals surface area contributed by atoms with E-state index in [0.717, 1.165) is 11.3 Å². The second-order valence-electron chi connectivity index (χ2n) is 5.16. The number of para-hydroxylation sites is 2. The number of hydrogen-bond acceptors (Lipinski definition) is 4. The topological polar surface area (TPSA) is 55.8 Å². The Hall–Kier alpha value is -3.27. The van der Waals surface area contributed by atoms with Crippen LogP contribution in [0.25, 0.3) is 0 Å². The van der Waals surface area contributed by atoms with Crippen LogP contribution in [0, 0.1) is 0 Å². The molecule has 24 heavy (non-hydrogen) atoms. The molecule has 3 rings (SSSR count). The molecule has 0 amide bonds. The van der Waals surface area contributed by atoms with Gasteiger partial charge in [-0.25, -0.2) is 4.79 Å². The first-order valence-electron chi connectivity index (χ1n) is 7.49. The van der Waals surface area contributed by atoms with E-state index in [9.17, 15) is 9.90 Å². The number of ether oxygens (including phenoxy) is 2. The van der Waals surface area contributed by atoms with Gasteiger partial charge in [-0.2, -0.15) is 0 Å². The van der Waals surface area contributed by atoms with Crippen molar-refractivity contribution < 1.29 is 19.4 Å². The molecule has 4 nitrogen and oxygen atoms in total. The highest BCUT2D eigenvalue weighted by atomic mass is 16.5. The number of phenols is 1. The Morgan fingerprint density at radius 2 is 1.54 bits per heavy atom. The van der Waals surface area contributed by atoms with Gasteiger partial charge in [0.2, 0.25) is 0 Å². The van der Waals surface area contributed by atoms with Gasteiger partial charge in [0.05, 0.1) is 0 Å². The van der Waals surface area contributed by atoms with E-state index in [0.29, 0.717) is 5.75 Å². The van der Waals surface area contributed by atoms with Crippen LogP contribution in [0.2, 0.25) is 0 Å². The molecule has 0 saturated carbocycles. The number of aromatic hydroxyl groups is 1. The number of carbonyl (C=O) groups is 1. The van der Waals surface area contributed by atoms with Gasteiger partial charge in [-0.15, -0.1) is 0 Å². The van der Waals surface area contributed by atoms with Crippen molar-refractivity contribution in [2.45, 2.75) is 6.61 Å². The van der Waals surface area contributed by atoms with Crippen LogP contribution < -0.4 is 4.74 Å². The Bertz CT molecular complexity index is 828. The summed E-state index contributed by atoms with van der Waals surface area (Å²) in [6.07, 6.45) is 0. The number of phenolic OH excluding ortho intramolecular Hbond substituents is 1. The number of benzene rings is 3. The summed E-state index contributed by atoms with van der Waals surface area (Å²) < 4.78 is 11.0. The average molecular weight is 320 g/mol. The zero-order valence-corrected chi connectivity index (χ0v) is 12.9. The van der Waals surface area contributed by atoms with E-state index in [1.54, 1.807) is 12.1 Å². The number of rotatable bonds is 5. The molecule has 0 bridgehead atoms. The lowest BCUT2D eigenvalue weighted by molar-refractivity contribution is 0.0469. The molecular weight excluding hydrogens is 304 g/mol. The Morgan fingerprint density at radius 3 is 2.33 bits per heavy atom. The normalized spacial score (nSPS) is 10.2. The predicted octanol–water partition coefficient (Wildman–Crippen LogP) is 4.54. The zero-order valence-electron chi connectivity index (χ0n) is 12.9. The summed E-state index contributed by atoms with van der Waals surface area (Å²) in [6, 6.07) is 23.1. The van der Waals surface area contributed by atoms with Gasteiger partial charge in [-0.3, -0.25) is 0 Å². The van der Waals surface area contributed by atoms with Crippen molar-refractivity contribution in [3.05, 3.63) is 90.0 Å². The fourth-order valence-electron chi connectivity index (χ4n) is 2.20. The quantitative estimate of drug-likeness (QED) is 0.701. The first-order chi connectivity index (χ1) is 11.7. The molecular formula is C20H16O4. The lowest BCUT2D eigenvalue weighted by Gasteiger charge is -2.09. The maximum absolute atomic E-state index is 12.0. The molecule has 120 valence electrons. The van der Waals surface area contributed by atoms with E-state index in [1.807, 2.05) is 54.6 Å². The lowest BCUT2D eigenvalue weighted by Crippen LogP contribution is -2.05. The van der Waals surface area contributed by atoms with Gasteiger partial charge in [-0.1, -0.05) is 42.5 Å². The second-order valence-corrected chi connectivity index (χ2v) is 5.16. The Kier molecular flexibility index (Phi) is 4.77. The van der Waals surface area contributed by atoms with Crippen LogP contribution in [0.3, 0.4) is 0 Å². The van der Waals surface area contributed by atoms with Crippen LogP contribution in [-0.2, 0) is 11.3 Å². The van der Waals surface area contributed by atoms with E-state index < -0.39 is 5.97 Å². The minimum absolute atomic E-state index is 0.0938. The van der Waals surface area contributed by atoms with Crippen LogP contribution in [0.5, 0.6) is 17.2 Å². The first-order valence-corrected chi connectivity index (χ1v) is 7.49. The standard InChI is InChI=1S/C20H16O4/c21-19-12-5-4-11-18(19)20(22)23-14-15-7-6-10-17(13-15)24-16-8-2-1-3-9-16/h1-13,21H,14H2. The predicted molar refractivity (Wildman–Crippen MR) is 90.2 cm³/mol. The Balaban J connectivity index is 1.65. The number of esters is 1. The van der Waals surface area contributed by atoms with Gasteiger partial charge in [-0.05, 0) is 42.0 Å². The van der Waals surface area contributed by atoms with E-state index in [1.165, 1.54) is 12.1 Å².